The Morgan fingerprint density at radius 3 is 2.70 bits per heavy atom. The van der Waals surface area contributed by atoms with Crippen LogP contribution in [0.15, 0.2) is 42.7 Å². The van der Waals surface area contributed by atoms with Crippen LogP contribution in [0.1, 0.15) is 41.9 Å². The van der Waals surface area contributed by atoms with Gasteiger partial charge in [-0.25, -0.2) is 0 Å². The van der Waals surface area contributed by atoms with Gasteiger partial charge in [0.2, 0.25) is 5.82 Å². The smallest absolute Gasteiger partial charge is 0.293 e. The van der Waals surface area contributed by atoms with Crippen molar-refractivity contribution < 1.29 is 4.79 Å². The molecule has 0 bridgehead atoms. The molecule has 2 aromatic heterocycles. The van der Waals surface area contributed by atoms with Crippen LogP contribution in [0.2, 0.25) is 0 Å². The quantitative estimate of drug-likeness (QED) is 0.706. The van der Waals surface area contributed by atoms with Crippen molar-refractivity contribution in [3.8, 4) is 0 Å². The SMILES string of the molecule is CC(C)n1cc(CN2C[C@@H]3Cc4nnc(C(=O)Nc5ccccc5)n4C[C@@H]3C2)cn1. The number of rotatable bonds is 5. The molecular weight excluding hydrogens is 378 g/mol. The molecule has 5 rings (SSSR count). The molecule has 2 aliphatic heterocycles. The lowest BCUT2D eigenvalue weighted by Gasteiger charge is -2.25. The van der Waals surface area contributed by atoms with E-state index >= 15 is 0 Å². The number of anilines is 1. The fourth-order valence-corrected chi connectivity index (χ4v) is 4.63. The summed E-state index contributed by atoms with van der Waals surface area (Å²) in [5, 5.41) is 15.9. The molecule has 1 aromatic carbocycles. The molecular formula is C22H27N7O. The van der Waals surface area contributed by atoms with Gasteiger partial charge in [-0.2, -0.15) is 5.10 Å². The van der Waals surface area contributed by atoms with Crippen molar-refractivity contribution in [2.24, 2.45) is 11.8 Å². The predicted octanol–water partition coefficient (Wildman–Crippen LogP) is 2.61. The Morgan fingerprint density at radius 2 is 1.93 bits per heavy atom. The van der Waals surface area contributed by atoms with Gasteiger partial charge >= 0.3 is 0 Å². The molecule has 1 saturated heterocycles. The minimum Gasteiger partial charge on any atom is -0.319 e. The number of likely N-dealkylation sites (tertiary alicyclic amines) is 1. The van der Waals surface area contributed by atoms with Crippen molar-refractivity contribution in [2.75, 3.05) is 18.4 Å². The Balaban J connectivity index is 1.26. The molecule has 1 amide bonds. The predicted molar refractivity (Wildman–Crippen MR) is 113 cm³/mol. The first-order chi connectivity index (χ1) is 14.6. The van der Waals surface area contributed by atoms with Gasteiger partial charge in [0.1, 0.15) is 5.82 Å². The molecule has 1 N–H and O–H groups in total. The Bertz CT molecular complexity index is 1040. The van der Waals surface area contributed by atoms with Crippen molar-refractivity contribution in [1.82, 2.24) is 29.4 Å². The monoisotopic (exact) mass is 405 g/mol. The molecule has 0 saturated carbocycles. The van der Waals surface area contributed by atoms with Gasteiger partial charge in [-0.1, -0.05) is 18.2 Å². The molecule has 0 radical (unpaired) electrons. The summed E-state index contributed by atoms with van der Waals surface area (Å²) in [4.78, 5) is 15.2. The fraction of sp³-hybridized carbons (Fsp3) is 0.455. The molecule has 2 atom stereocenters. The van der Waals surface area contributed by atoms with E-state index < -0.39 is 0 Å². The Hall–Kier alpha value is -3.00. The van der Waals surface area contributed by atoms with Gasteiger partial charge in [-0.05, 0) is 37.8 Å². The summed E-state index contributed by atoms with van der Waals surface area (Å²) in [5.41, 5.74) is 2.02. The maximum absolute atomic E-state index is 12.7. The van der Waals surface area contributed by atoms with Crippen LogP contribution >= 0.6 is 0 Å². The lowest BCUT2D eigenvalue weighted by molar-refractivity contribution is 0.100. The van der Waals surface area contributed by atoms with E-state index in [1.54, 1.807) is 0 Å². The zero-order valence-corrected chi connectivity index (χ0v) is 17.4. The Labute approximate surface area is 175 Å². The highest BCUT2D eigenvalue weighted by Gasteiger charge is 2.39. The van der Waals surface area contributed by atoms with Crippen LogP contribution in [0, 0.1) is 11.8 Å². The van der Waals surface area contributed by atoms with Crippen LogP contribution in [0.3, 0.4) is 0 Å². The van der Waals surface area contributed by atoms with Gasteiger partial charge in [0.15, 0.2) is 0 Å². The second-order valence-electron chi connectivity index (χ2n) is 8.71. The first-order valence-electron chi connectivity index (χ1n) is 10.6. The summed E-state index contributed by atoms with van der Waals surface area (Å²) in [6, 6.07) is 9.85. The lowest BCUT2D eigenvalue weighted by atomic mass is 9.89. The average molecular weight is 406 g/mol. The summed E-state index contributed by atoms with van der Waals surface area (Å²) in [6.07, 6.45) is 4.99. The van der Waals surface area contributed by atoms with Crippen LogP contribution in [0.4, 0.5) is 5.69 Å². The topological polar surface area (TPSA) is 80.9 Å². The second-order valence-corrected chi connectivity index (χ2v) is 8.71. The number of benzene rings is 1. The molecule has 0 spiro atoms. The van der Waals surface area contributed by atoms with Crippen molar-refractivity contribution in [3.63, 3.8) is 0 Å². The Kier molecular flexibility index (Phi) is 4.86. The normalized spacial score (nSPS) is 20.9. The highest BCUT2D eigenvalue weighted by molar-refractivity contribution is 6.01. The molecule has 3 aromatic rings. The van der Waals surface area contributed by atoms with E-state index in [1.807, 2.05) is 45.8 Å². The zero-order valence-electron chi connectivity index (χ0n) is 17.4. The summed E-state index contributed by atoms with van der Waals surface area (Å²) >= 11 is 0. The number of para-hydroxylation sites is 1. The van der Waals surface area contributed by atoms with Crippen LogP contribution in [0.25, 0.3) is 0 Å². The second kappa shape index (κ2) is 7.68. The van der Waals surface area contributed by atoms with Crippen LogP contribution < -0.4 is 5.32 Å². The largest absolute Gasteiger partial charge is 0.319 e. The summed E-state index contributed by atoms with van der Waals surface area (Å²) < 4.78 is 4.02. The lowest BCUT2D eigenvalue weighted by Crippen LogP contribution is -2.31. The molecule has 0 aliphatic carbocycles. The van der Waals surface area contributed by atoms with Gasteiger partial charge in [-0.3, -0.25) is 14.4 Å². The maximum Gasteiger partial charge on any atom is 0.293 e. The van der Waals surface area contributed by atoms with Gasteiger partial charge in [0, 0.05) is 56.1 Å². The number of hydrogen-bond acceptors (Lipinski definition) is 5. The number of amides is 1. The van der Waals surface area contributed by atoms with E-state index in [4.69, 9.17) is 0 Å². The van der Waals surface area contributed by atoms with Crippen LogP contribution in [-0.2, 0) is 19.5 Å². The molecule has 156 valence electrons. The number of hydrogen-bond donors (Lipinski definition) is 1. The number of nitrogens with one attached hydrogen (secondary N) is 1. The van der Waals surface area contributed by atoms with Gasteiger partial charge < -0.3 is 9.88 Å². The minimum atomic E-state index is -0.200. The van der Waals surface area contributed by atoms with Gasteiger partial charge in [0.05, 0.1) is 6.20 Å². The third kappa shape index (κ3) is 3.63. The van der Waals surface area contributed by atoms with Crippen molar-refractivity contribution in [1.29, 1.82) is 0 Å². The summed E-state index contributed by atoms with van der Waals surface area (Å²) in [6.45, 7) is 8.07. The third-order valence-corrected chi connectivity index (χ3v) is 6.17. The third-order valence-electron chi connectivity index (χ3n) is 6.17. The average Bonchev–Trinajstić information content (AvgIpc) is 3.44. The fourth-order valence-electron chi connectivity index (χ4n) is 4.63. The number of aromatic nitrogens is 5. The summed E-state index contributed by atoms with van der Waals surface area (Å²) in [7, 11) is 0. The molecule has 1 fully saturated rings. The first kappa shape index (κ1) is 19.0. The van der Waals surface area contributed by atoms with E-state index in [2.05, 4.69) is 45.6 Å². The Morgan fingerprint density at radius 1 is 1.13 bits per heavy atom. The zero-order chi connectivity index (χ0) is 20.7. The van der Waals surface area contributed by atoms with Crippen molar-refractivity contribution in [2.45, 2.75) is 39.4 Å². The van der Waals surface area contributed by atoms with E-state index in [0.29, 0.717) is 23.7 Å². The van der Waals surface area contributed by atoms with E-state index in [1.165, 1.54) is 5.56 Å². The van der Waals surface area contributed by atoms with E-state index in [-0.39, 0.29) is 5.91 Å². The summed E-state index contributed by atoms with van der Waals surface area (Å²) in [5.74, 6) is 2.20. The van der Waals surface area contributed by atoms with Crippen LogP contribution in [-0.4, -0.2) is 48.4 Å². The van der Waals surface area contributed by atoms with Gasteiger partial charge in [0.25, 0.3) is 5.91 Å². The minimum absolute atomic E-state index is 0.200. The van der Waals surface area contributed by atoms with Crippen molar-refractivity contribution in [3.05, 3.63) is 59.9 Å². The molecule has 4 heterocycles. The van der Waals surface area contributed by atoms with E-state index in [0.717, 1.165) is 44.1 Å². The number of carbonyl (C=O) groups is 1. The number of carbonyl (C=O) groups excluding carboxylic acids is 1. The molecule has 30 heavy (non-hydrogen) atoms. The molecule has 2 aliphatic rings. The van der Waals surface area contributed by atoms with E-state index in [9.17, 15) is 4.79 Å². The molecule has 8 heteroatoms. The first-order valence-corrected chi connectivity index (χ1v) is 10.6. The highest BCUT2D eigenvalue weighted by Crippen LogP contribution is 2.33. The number of fused-ring (bicyclic) bond motifs is 2. The maximum atomic E-state index is 12.7. The van der Waals surface area contributed by atoms with Gasteiger partial charge in [-0.15, -0.1) is 10.2 Å². The standard InChI is InChI=1S/C22H27N7O/c1-15(2)29-11-16(9-23-29)10-27-12-17-8-20-25-26-21(28(20)14-18(17)13-27)22(30)24-19-6-4-3-5-7-19/h3-7,9,11,15,17-18H,8,10,12-14H2,1-2H3,(H,24,30)/t17-,18-/m0/s1. The molecule has 8 nitrogen and oxygen atoms in total. The highest BCUT2D eigenvalue weighted by atomic mass is 16.2. The van der Waals surface area contributed by atoms with Crippen molar-refractivity contribution >= 4 is 11.6 Å². The number of nitrogens with zero attached hydrogens (tertiary/aromatic N) is 6. The molecule has 0 unspecified atom stereocenters. The van der Waals surface area contributed by atoms with Crippen LogP contribution in [0.5, 0.6) is 0 Å².